The largest absolute Gasteiger partial charge is 0.438 e. The zero-order valence-corrected chi connectivity index (χ0v) is 8.30. The molecular formula is C9H11F3S. The van der Waals surface area contributed by atoms with Gasteiger partial charge in [-0.25, -0.2) is 0 Å². The van der Waals surface area contributed by atoms with Gasteiger partial charge in [-0.05, 0) is 19.9 Å². The lowest BCUT2D eigenvalue weighted by atomic mass is 10.3. The van der Waals surface area contributed by atoms with E-state index >= 15 is 0 Å². The van der Waals surface area contributed by atoms with Gasteiger partial charge in [-0.15, -0.1) is 0 Å². The molecule has 1 heterocycles. The maximum atomic E-state index is 12.7. The molecule has 0 saturated heterocycles. The predicted octanol–water partition coefficient (Wildman–Crippen LogP) is 3.05. The fraction of sp³-hybridized carbons (Fsp3) is 0.444. The average molecular weight is 208 g/mol. The molecule has 0 aromatic rings. The van der Waals surface area contributed by atoms with Gasteiger partial charge in [-0.2, -0.15) is 13.2 Å². The van der Waals surface area contributed by atoms with Gasteiger partial charge in [0.1, 0.15) is 0 Å². The van der Waals surface area contributed by atoms with Gasteiger partial charge in [0.2, 0.25) is 0 Å². The summed E-state index contributed by atoms with van der Waals surface area (Å²) >= 11 is 0. The van der Waals surface area contributed by atoms with Gasteiger partial charge >= 0.3 is 5.51 Å². The molecule has 0 radical (unpaired) electrons. The Kier molecular flexibility index (Phi) is 2.64. The van der Waals surface area contributed by atoms with Crippen molar-refractivity contribution >= 4 is 19.6 Å². The Hall–Kier alpha value is -0.600. The van der Waals surface area contributed by atoms with Gasteiger partial charge in [0.25, 0.3) is 0 Å². The molecule has 0 aromatic heterocycles. The van der Waals surface area contributed by atoms with Crippen LogP contribution in [0.1, 0.15) is 13.8 Å². The molecule has 74 valence electrons. The summed E-state index contributed by atoms with van der Waals surface area (Å²) in [6.07, 6.45) is 3.07. The Morgan fingerprint density at radius 2 is 2.15 bits per heavy atom. The second kappa shape index (κ2) is 3.28. The molecule has 0 amide bonds. The van der Waals surface area contributed by atoms with E-state index in [0.29, 0.717) is 0 Å². The van der Waals surface area contributed by atoms with E-state index < -0.39 is 14.7 Å². The maximum Gasteiger partial charge on any atom is 0.438 e. The van der Waals surface area contributed by atoms with E-state index in [0.717, 1.165) is 5.57 Å². The zero-order chi connectivity index (χ0) is 10.1. The summed E-state index contributed by atoms with van der Waals surface area (Å²) < 4.78 is 38.0. The Morgan fingerprint density at radius 1 is 1.54 bits per heavy atom. The smallest absolute Gasteiger partial charge is 0.161 e. The third-order valence-corrected chi connectivity index (χ3v) is 5.02. The third-order valence-electron chi connectivity index (χ3n) is 1.92. The highest BCUT2D eigenvalue weighted by Crippen LogP contribution is 2.45. The van der Waals surface area contributed by atoms with E-state index in [1.54, 1.807) is 13.0 Å². The molecule has 1 unspecified atom stereocenters. The van der Waals surface area contributed by atoms with Gasteiger partial charge < -0.3 is 0 Å². The molecule has 4 heteroatoms. The van der Waals surface area contributed by atoms with Gasteiger partial charge in [0.05, 0.1) is 0 Å². The number of rotatable bonds is 0. The molecule has 1 aliphatic heterocycles. The third kappa shape index (κ3) is 1.84. The number of hydrogen-bond acceptors (Lipinski definition) is 0. The van der Waals surface area contributed by atoms with Crippen LogP contribution in [0.5, 0.6) is 0 Å². The van der Waals surface area contributed by atoms with E-state index in [9.17, 15) is 13.2 Å². The monoisotopic (exact) mass is 208 g/mol. The molecule has 0 N–H and O–H groups in total. The van der Waals surface area contributed by atoms with Gasteiger partial charge in [-0.3, -0.25) is 0 Å². The van der Waals surface area contributed by atoms with Crippen molar-refractivity contribution in [3.05, 3.63) is 17.7 Å². The standard InChI is InChI=1S/C9H11F3S/c1-3-13(9(10,11)12)6-4-5-8(2)7-13/h3-5H,7H2,1-2H3. The van der Waals surface area contributed by atoms with Crippen LogP contribution in [-0.4, -0.2) is 21.7 Å². The summed E-state index contributed by atoms with van der Waals surface area (Å²) in [6, 6.07) is 0. The maximum absolute atomic E-state index is 12.7. The Bertz CT molecular complexity index is 384. The van der Waals surface area contributed by atoms with Crippen LogP contribution in [0.2, 0.25) is 0 Å². The topological polar surface area (TPSA) is 0 Å². The molecule has 1 aliphatic rings. The number of halogens is 3. The van der Waals surface area contributed by atoms with Crippen LogP contribution in [0.15, 0.2) is 17.7 Å². The Morgan fingerprint density at radius 3 is 2.46 bits per heavy atom. The van der Waals surface area contributed by atoms with Crippen molar-refractivity contribution < 1.29 is 13.2 Å². The predicted molar refractivity (Wildman–Crippen MR) is 53.6 cm³/mol. The summed E-state index contributed by atoms with van der Waals surface area (Å²) in [4.78, 5) is 0. The molecule has 0 aromatic carbocycles. The van der Waals surface area contributed by atoms with E-state index in [1.807, 2.05) is 0 Å². The lowest BCUT2D eigenvalue weighted by molar-refractivity contribution is -0.0339. The Balaban J connectivity index is 3.39. The van der Waals surface area contributed by atoms with Crippen molar-refractivity contribution in [3.8, 4) is 0 Å². The first kappa shape index (κ1) is 10.5. The summed E-state index contributed by atoms with van der Waals surface area (Å²) in [6.45, 7) is 3.18. The second-order valence-corrected chi connectivity index (χ2v) is 5.96. The van der Waals surface area contributed by atoms with Crippen LogP contribution >= 0.6 is 9.21 Å². The lowest BCUT2D eigenvalue weighted by Gasteiger charge is -2.21. The minimum atomic E-state index is -4.16. The molecule has 1 rings (SSSR count). The molecule has 0 bridgehead atoms. The second-order valence-electron chi connectivity index (χ2n) is 2.92. The first-order valence-corrected chi connectivity index (χ1v) is 5.71. The number of alkyl halides is 3. The molecule has 13 heavy (non-hydrogen) atoms. The molecule has 0 aliphatic carbocycles. The van der Waals surface area contributed by atoms with Crippen LogP contribution in [-0.2, 0) is 0 Å². The number of allylic oxidation sites excluding steroid dienone is 2. The van der Waals surface area contributed by atoms with Crippen LogP contribution in [0.3, 0.4) is 0 Å². The number of hydrogen-bond donors (Lipinski definition) is 0. The average Bonchev–Trinajstić information content (AvgIpc) is 2.02. The fourth-order valence-electron chi connectivity index (χ4n) is 1.18. The zero-order valence-electron chi connectivity index (χ0n) is 7.48. The summed E-state index contributed by atoms with van der Waals surface area (Å²) in [5, 5.41) is 3.70. The normalized spacial score (nSPS) is 27.9. The van der Waals surface area contributed by atoms with Crippen molar-refractivity contribution in [1.29, 1.82) is 0 Å². The summed E-state index contributed by atoms with van der Waals surface area (Å²) in [5.41, 5.74) is -3.39. The van der Waals surface area contributed by atoms with Gasteiger partial charge in [0.15, 0.2) is 0 Å². The van der Waals surface area contributed by atoms with Crippen LogP contribution in [0.4, 0.5) is 13.2 Å². The van der Waals surface area contributed by atoms with E-state index in [-0.39, 0.29) is 5.75 Å². The van der Waals surface area contributed by atoms with Crippen LogP contribution < -0.4 is 0 Å². The quantitative estimate of drug-likeness (QED) is 0.537. The highest BCUT2D eigenvalue weighted by atomic mass is 32.2. The van der Waals surface area contributed by atoms with Crippen molar-refractivity contribution in [2.75, 3.05) is 5.75 Å². The molecule has 0 spiro atoms. The highest BCUT2D eigenvalue weighted by Gasteiger charge is 2.37. The van der Waals surface area contributed by atoms with E-state index in [2.05, 4.69) is 5.02 Å². The molecular weight excluding hydrogens is 197 g/mol. The summed E-state index contributed by atoms with van der Waals surface area (Å²) in [7, 11) is -2.80. The van der Waals surface area contributed by atoms with Crippen LogP contribution in [0, 0.1) is 0 Å². The minimum Gasteiger partial charge on any atom is -0.161 e. The van der Waals surface area contributed by atoms with Crippen molar-refractivity contribution in [1.82, 2.24) is 0 Å². The SMILES string of the molecule is CC=S1(C(F)(F)F)=C=CC=C(C)C1. The van der Waals surface area contributed by atoms with Gasteiger partial charge in [0, 0.05) is 5.75 Å². The van der Waals surface area contributed by atoms with Crippen LogP contribution in [0.25, 0.3) is 0 Å². The first-order valence-electron chi connectivity index (χ1n) is 3.84. The van der Waals surface area contributed by atoms with E-state index in [1.165, 1.54) is 18.4 Å². The first-order chi connectivity index (χ1) is 5.91. The fourth-order valence-corrected chi connectivity index (χ4v) is 3.26. The molecule has 1 atom stereocenters. The molecule has 0 saturated carbocycles. The molecule has 0 nitrogen and oxygen atoms in total. The highest BCUT2D eigenvalue weighted by molar-refractivity contribution is 8.29. The minimum absolute atomic E-state index is 0.0729. The molecule has 0 fully saturated rings. The van der Waals surface area contributed by atoms with Gasteiger partial charge in [-0.1, -0.05) is 31.2 Å². The lowest BCUT2D eigenvalue weighted by Crippen LogP contribution is -2.14. The van der Waals surface area contributed by atoms with E-state index in [4.69, 9.17) is 0 Å². The van der Waals surface area contributed by atoms with Crippen molar-refractivity contribution in [2.45, 2.75) is 19.4 Å². The summed E-state index contributed by atoms with van der Waals surface area (Å²) in [5.74, 6) is 0.0729. The Labute approximate surface area is 76.2 Å². The van der Waals surface area contributed by atoms with Crippen molar-refractivity contribution in [3.63, 3.8) is 0 Å². The van der Waals surface area contributed by atoms with Crippen molar-refractivity contribution in [2.24, 2.45) is 0 Å².